The van der Waals surface area contributed by atoms with Crippen LogP contribution in [0.4, 0.5) is 0 Å². The lowest BCUT2D eigenvalue weighted by molar-refractivity contribution is 0.00130. The van der Waals surface area contributed by atoms with Crippen molar-refractivity contribution < 1.29 is 0 Å². The first kappa shape index (κ1) is 15.6. The van der Waals surface area contributed by atoms with Gasteiger partial charge in [-0.2, -0.15) is 9.78 Å². The van der Waals surface area contributed by atoms with Gasteiger partial charge >= 0.3 is 0 Å². The van der Waals surface area contributed by atoms with E-state index in [4.69, 9.17) is 0 Å². The average molecular weight is 346 g/mol. The van der Waals surface area contributed by atoms with E-state index in [9.17, 15) is 4.79 Å². The zero-order chi connectivity index (χ0) is 18.1. The number of nitrogens with one attached hydrogen (secondary N) is 1. The number of para-hydroxylation sites is 1. The molecule has 3 aromatic rings. The number of allylic oxidation sites excluding steroid dienone is 2. The van der Waals surface area contributed by atoms with Crippen molar-refractivity contribution in [3.63, 3.8) is 0 Å². The van der Waals surface area contributed by atoms with Gasteiger partial charge in [-0.25, -0.2) is 4.98 Å². The lowest BCUT2D eigenvalue weighted by Crippen LogP contribution is -2.46. The minimum atomic E-state index is -0.151. The first-order valence-electron chi connectivity index (χ1n) is 9.20. The molecule has 0 aliphatic heterocycles. The zero-order valence-electron chi connectivity index (χ0n) is 15.3. The Morgan fingerprint density at radius 1 is 1.35 bits per heavy atom. The molecule has 1 fully saturated rings. The second-order valence-electron chi connectivity index (χ2n) is 8.22. The summed E-state index contributed by atoms with van der Waals surface area (Å²) in [5.74, 6) is 1.96. The standard InChI is InChI=1S/C21H22N4O/c1-12-23-18-16-6-4-5-7-17(16)24-19(18)20(26)25(12)22-11-13-8-14-10-15(9-13)21(14,2)3/h4-8,11,14-15,24H,9-10H2,1-3H3/b22-11-/t14-,15-/m0/s1. The lowest BCUT2D eigenvalue weighted by Gasteiger charge is -2.54. The average Bonchev–Trinajstić information content (AvgIpc) is 3.00. The van der Waals surface area contributed by atoms with E-state index < -0.39 is 0 Å². The predicted molar refractivity (Wildman–Crippen MR) is 105 cm³/mol. The highest BCUT2D eigenvalue weighted by atomic mass is 16.1. The van der Waals surface area contributed by atoms with Crippen molar-refractivity contribution >= 4 is 28.2 Å². The molecule has 0 radical (unpaired) electrons. The van der Waals surface area contributed by atoms with Crippen molar-refractivity contribution in [1.82, 2.24) is 14.6 Å². The maximum Gasteiger partial charge on any atom is 0.298 e. The Morgan fingerprint density at radius 3 is 2.88 bits per heavy atom. The highest BCUT2D eigenvalue weighted by Gasteiger charge is 2.49. The van der Waals surface area contributed by atoms with Gasteiger partial charge in [0, 0.05) is 10.9 Å². The van der Waals surface area contributed by atoms with E-state index in [0.29, 0.717) is 22.7 Å². The van der Waals surface area contributed by atoms with Gasteiger partial charge < -0.3 is 4.98 Å². The summed E-state index contributed by atoms with van der Waals surface area (Å²) in [5, 5.41) is 5.45. The lowest BCUT2D eigenvalue weighted by atomic mass is 9.50. The van der Waals surface area contributed by atoms with Crippen LogP contribution in [0, 0.1) is 24.2 Å². The fourth-order valence-electron chi connectivity index (χ4n) is 4.52. The van der Waals surface area contributed by atoms with Gasteiger partial charge in [-0.3, -0.25) is 4.79 Å². The highest BCUT2D eigenvalue weighted by Crippen LogP contribution is 2.57. The molecule has 0 spiro atoms. The van der Waals surface area contributed by atoms with E-state index in [1.807, 2.05) is 37.4 Å². The maximum atomic E-state index is 12.9. The molecule has 0 amide bonds. The number of fused-ring (bicyclic) bond motifs is 4. The number of aromatic nitrogens is 3. The predicted octanol–water partition coefficient (Wildman–Crippen LogP) is 4.01. The van der Waals surface area contributed by atoms with Crippen molar-refractivity contribution in [3.05, 3.63) is 52.1 Å². The van der Waals surface area contributed by atoms with E-state index in [1.54, 1.807) is 0 Å². The summed E-state index contributed by atoms with van der Waals surface area (Å²) in [5.41, 5.74) is 3.64. The Balaban J connectivity index is 1.58. The number of hydrogen-bond acceptors (Lipinski definition) is 3. The van der Waals surface area contributed by atoms with E-state index in [2.05, 4.69) is 35.0 Å². The summed E-state index contributed by atoms with van der Waals surface area (Å²) in [7, 11) is 0. The third-order valence-electron chi connectivity index (χ3n) is 6.45. The summed E-state index contributed by atoms with van der Waals surface area (Å²) in [4.78, 5) is 20.8. The molecule has 2 aromatic heterocycles. The molecule has 2 heterocycles. The molecule has 1 saturated carbocycles. The topological polar surface area (TPSA) is 63.0 Å². The fraction of sp³-hybridized carbons (Fsp3) is 0.381. The fourth-order valence-corrected chi connectivity index (χ4v) is 4.52. The van der Waals surface area contributed by atoms with Crippen LogP contribution in [0.1, 0.15) is 32.5 Å². The largest absolute Gasteiger partial charge is 0.349 e. The van der Waals surface area contributed by atoms with Crippen LogP contribution in [-0.4, -0.2) is 20.9 Å². The molecule has 3 aliphatic carbocycles. The molecule has 26 heavy (non-hydrogen) atoms. The number of aromatic amines is 1. The van der Waals surface area contributed by atoms with Gasteiger partial charge in [0.1, 0.15) is 16.9 Å². The molecule has 0 saturated heterocycles. The second-order valence-corrected chi connectivity index (χ2v) is 8.22. The third-order valence-corrected chi connectivity index (χ3v) is 6.45. The quantitative estimate of drug-likeness (QED) is 0.713. The van der Waals surface area contributed by atoms with E-state index in [0.717, 1.165) is 28.8 Å². The van der Waals surface area contributed by atoms with Crippen LogP contribution in [0.25, 0.3) is 21.9 Å². The monoisotopic (exact) mass is 346 g/mol. The number of hydrogen-bond donors (Lipinski definition) is 1. The molecule has 0 unspecified atom stereocenters. The Kier molecular flexibility index (Phi) is 3.09. The molecule has 1 N–H and O–H groups in total. The smallest absolute Gasteiger partial charge is 0.298 e. The molecule has 2 bridgehead atoms. The molecule has 1 aromatic carbocycles. The third kappa shape index (κ3) is 2.06. The molecule has 6 rings (SSSR count). The molecule has 2 atom stereocenters. The second kappa shape index (κ2) is 5.16. The summed E-state index contributed by atoms with van der Waals surface area (Å²) < 4.78 is 1.41. The number of nitrogens with zero attached hydrogens (tertiary/aromatic N) is 3. The maximum absolute atomic E-state index is 12.9. The Bertz CT molecular complexity index is 1160. The molecular weight excluding hydrogens is 324 g/mol. The van der Waals surface area contributed by atoms with Gasteiger partial charge in [0.15, 0.2) is 0 Å². The number of H-pyrrole nitrogens is 1. The number of rotatable bonds is 2. The van der Waals surface area contributed by atoms with Crippen molar-refractivity contribution in [2.24, 2.45) is 22.4 Å². The molecule has 132 valence electrons. The van der Waals surface area contributed by atoms with Gasteiger partial charge in [0.05, 0.1) is 6.21 Å². The van der Waals surface area contributed by atoms with Crippen molar-refractivity contribution in [2.75, 3.05) is 0 Å². The van der Waals surface area contributed by atoms with E-state index >= 15 is 0 Å². The first-order chi connectivity index (χ1) is 12.4. The van der Waals surface area contributed by atoms with Gasteiger partial charge in [-0.15, -0.1) is 0 Å². The van der Waals surface area contributed by atoms with Gasteiger partial charge in [-0.05, 0) is 48.7 Å². The summed E-state index contributed by atoms with van der Waals surface area (Å²) >= 11 is 0. The molecule has 5 heteroatoms. The highest BCUT2D eigenvalue weighted by molar-refractivity contribution is 6.04. The van der Waals surface area contributed by atoms with Crippen molar-refractivity contribution in [2.45, 2.75) is 33.6 Å². The Morgan fingerprint density at radius 2 is 2.15 bits per heavy atom. The summed E-state index contributed by atoms with van der Waals surface area (Å²) in [6, 6.07) is 7.84. The minimum absolute atomic E-state index is 0.151. The van der Waals surface area contributed by atoms with Crippen LogP contribution < -0.4 is 5.56 Å². The Labute approximate surface area is 151 Å². The molecule has 3 aliphatic rings. The summed E-state index contributed by atoms with van der Waals surface area (Å²) in [6.07, 6.45) is 6.51. The number of aryl methyl sites for hydroxylation is 1. The minimum Gasteiger partial charge on any atom is -0.349 e. The Hall–Kier alpha value is -2.69. The van der Waals surface area contributed by atoms with Gasteiger partial charge in [-0.1, -0.05) is 38.1 Å². The molecule has 5 nitrogen and oxygen atoms in total. The van der Waals surface area contributed by atoms with Crippen LogP contribution in [0.2, 0.25) is 0 Å². The van der Waals surface area contributed by atoms with Crippen molar-refractivity contribution in [3.8, 4) is 0 Å². The van der Waals surface area contributed by atoms with Crippen LogP contribution in [0.15, 0.2) is 45.8 Å². The first-order valence-corrected chi connectivity index (χ1v) is 9.20. The van der Waals surface area contributed by atoms with E-state index in [1.165, 1.54) is 16.7 Å². The summed E-state index contributed by atoms with van der Waals surface area (Å²) in [6.45, 7) is 6.52. The van der Waals surface area contributed by atoms with Crippen LogP contribution in [0.5, 0.6) is 0 Å². The zero-order valence-corrected chi connectivity index (χ0v) is 15.3. The van der Waals surface area contributed by atoms with Crippen LogP contribution in [-0.2, 0) is 0 Å². The van der Waals surface area contributed by atoms with Crippen LogP contribution >= 0.6 is 0 Å². The van der Waals surface area contributed by atoms with Gasteiger partial charge in [0.2, 0.25) is 0 Å². The molecular formula is C21H22N4O. The van der Waals surface area contributed by atoms with E-state index in [-0.39, 0.29) is 5.56 Å². The van der Waals surface area contributed by atoms with Gasteiger partial charge in [0.25, 0.3) is 5.56 Å². The normalized spacial score (nSPS) is 24.2. The van der Waals surface area contributed by atoms with Crippen LogP contribution in [0.3, 0.4) is 0 Å². The number of benzene rings is 1. The van der Waals surface area contributed by atoms with Crippen molar-refractivity contribution in [1.29, 1.82) is 0 Å². The SMILES string of the molecule is Cc1nc2c([nH]c3ccccc32)c(=O)n1/N=C\C1=C[C@H]2C[C@H](C1)C2(C)C.